The van der Waals surface area contributed by atoms with Gasteiger partial charge in [-0.25, -0.2) is 4.39 Å². The Morgan fingerprint density at radius 1 is 1.41 bits per heavy atom. The molecule has 0 saturated carbocycles. The summed E-state index contributed by atoms with van der Waals surface area (Å²) in [6.07, 6.45) is 0. The maximum atomic E-state index is 14.0. The highest BCUT2D eigenvalue weighted by Gasteiger charge is 2.30. The van der Waals surface area contributed by atoms with Gasteiger partial charge in [0.2, 0.25) is 0 Å². The molecule has 1 fully saturated rings. The molecule has 1 heterocycles. The Morgan fingerprint density at radius 3 is 2.82 bits per heavy atom. The number of nitrogens with two attached hydrogens (primary N) is 1. The lowest BCUT2D eigenvalue weighted by Gasteiger charge is -2.32. The number of benzene rings is 1. The normalized spacial score (nSPS) is 26.8. The summed E-state index contributed by atoms with van der Waals surface area (Å²) >= 11 is 7.00. The van der Waals surface area contributed by atoms with E-state index in [4.69, 9.17) is 5.73 Å². The Kier molecular flexibility index (Phi) is 4.80. The molecular weight excluding hydrogens is 321 g/mol. The second-order valence-electron chi connectivity index (χ2n) is 4.08. The van der Waals surface area contributed by atoms with Crippen molar-refractivity contribution in [3.8, 4) is 0 Å². The molecule has 0 amide bonds. The standard InChI is InChI=1S/C12H15BrFNS2/c1-7-12(17-6-5-16-7)11(15)8-3-2-4-9(13)10(8)14/h2-4,7,11-12H,5-6,15H2,1H3. The van der Waals surface area contributed by atoms with E-state index >= 15 is 0 Å². The lowest BCUT2D eigenvalue weighted by atomic mass is 10.0. The minimum Gasteiger partial charge on any atom is -0.323 e. The number of hydrogen-bond donors (Lipinski definition) is 1. The van der Waals surface area contributed by atoms with Gasteiger partial charge in [-0.2, -0.15) is 23.5 Å². The lowest BCUT2D eigenvalue weighted by molar-refractivity contribution is 0.564. The lowest BCUT2D eigenvalue weighted by Crippen LogP contribution is -2.34. The topological polar surface area (TPSA) is 26.0 Å². The van der Waals surface area contributed by atoms with Crippen LogP contribution in [0.15, 0.2) is 22.7 Å². The van der Waals surface area contributed by atoms with Gasteiger partial charge in [0, 0.05) is 33.6 Å². The van der Waals surface area contributed by atoms with Crippen LogP contribution in [0.1, 0.15) is 18.5 Å². The molecule has 94 valence electrons. The fourth-order valence-electron chi connectivity index (χ4n) is 2.00. The van der Waals surface area contributed by atoms with Gasteiger partial charge in [-0.05, 0) is 22.0 Å². The molecule has 1 nitrogen and oxygen atoms in total. The molecule has 1 aromatic rings. The third-order valence-electron chi connectivity index (χ3n) is 2.93. The molecule has 2 N–H and O–H groups in total. The molecule has 1 saturated heterocycles. The zero-order valence-electron chi connectivity index (χ0n) is 9.53. The predicted octanol–water partition coefficient (Wildman–Crippen LogP) is 3.83. The summed E-state index contributed by atoms with van der Waals surface area (Å²) in [6.45, 7) is 2.18. The number of thioether (sulfide) groups is 2. The van der Waals surface area contributed by atoms with Gasteiger partial charge in [0.15, 0.2) is 0 Å². The minimum atomic E-state index is -0.236. The Labute approximate surface area is 118 Å². The van der Waals surface area contributed by atoms with Gasteiger partial charge in [0.25, 0.3) is 0 Å². The Hall–Kier alpha value is 0.290. The van der Waals surface area contributed by atoms with Crippen molar-refractivity contribution in [1.29, 1.82) is 0 Å². The summed E-state index contributed by atoms with van der Waals surface area (Å²) in [5.41, 5.74) is 6.85. The Morgan fingerprint density at radius 2 is 2.12 bits per heavy atom. The molecule has 1 aliphatic heterocycles. The van der Waals surface area contributed by atoms with E-state index < -0.39 is 0 Å². The SMILES string of the molecule is CC1SCCSC1C(N)c1cccc(Br)c1F. The molecule has 0 radical (unpaired) electrons. The highest BCUT2D eigenvalue weighted by atomic mass is 79.9. The third-order valence-corrected chi connectivity index (χ3v) is 6.76. The number of hydrogen-bond acceptors (Lipinski definition) is 3. The van der Waals surface area contributed by atoms with Crippen molar-refractivity contribution >= 4 is 39.5 Å². The summed E-state index contributed by atoms with van der Waals surface area (Å²) in [6, 6.07) is 5.10. The summed E-state index contributed by atoms with van der Waals surface area (Å²) < 4.78 is 14.5. The highest BCUT2D eigenvalue weighted by Crippen LogP contribution is 2.38. The van der Waals surface area contributed by atoms with Crippen molar-refractivity contribution in [2.75, 3.05) is 11.5 Å². The third kappa shape index (κ3) is 3.00. The van der Waals surface area contributed by atoms with Crippen LogP contribution in [-0.2, 0) is 0 Å². The van der Waals surface area contributed by atoms with Gasteiger partial charge < -0.3 is 5.73 Å². The van der Waals surface area contributed by atoms with E-state index in [1.54, 1.807) is 12.1 Å². The smallest absolute Gasteiger partial charge is 0.142 e. The van der Waals surface area contributed by atoms with E-state index in [1.165, 1.54) is 0 Å². The van der Waals surface area contributed by atoms with Gasteiger partial charge in [-0.3, -0.25) is 0 Å². The molecule has 0 bridgehead atoms. The second-order valence-corrected chi connectivity index (χ2v) is 7.71. The summed E-state index contributed by atoms with van der Waals surface area (Å²) in [4.78, 5) is 0. The van der Waals surface area contributed by atoms with E-state index in [9.17, 15) is 4.39 Å². The molecule has 0 aromatic heterocycles. The van der Waals surface area contributed by atoms with Crippen LogP contribution in [0.3, 0.4) is 0 Å². The van der Waals surface area contributed by atoms with Crippen molar-refractivity contribution in [3.05, 3.63) is 34.1 Å². The molecule has 3 atom stereocenters. The van der Waals surface area contributed by atoms with Crippen molar-refractivity contribution in [1.82, 2.24) is 0 Å². The fraction of sp³-hybridized carbons (Fsp3) is 0.500. The van der Waals surface area contributed by atoms with Gasteiger partial charge in [0.05, 0.1) is 4.47 Å². The summed E-state index contributed by atoms with van der Waals surface area (Å²) in [5, 5.41) is 0.764. The summed E-state index contributed by atoms with van der Waals surface area (Å²) in [5.74, 6) is 2.04. The fourth-order valence-corrected chi connectivity index (χ4v) is 5.25. The summed E-state index contributed by atoms with van der Waals surface area (Å²) in [7, 11) is 0. The first-order valence-electron chi connectivity index (χ1n) is 5.54. The average Bonchev–Trinajstić information content (AvgIpc) is 2.32. The second kappa shape index (κ2) is 5.95. The van der Waals surface area contributed by atoms with Crippen LogP contribution < -0.4 is 5.73 Å². The highest BCUT2D eigenvalue weighted by molar-refractivity contribution is 9.10. The van der Waals surface area contributed by atoms with E-state index in [0.717, 1.165) is 11.5 Å². The van der Waals surface area contributed by atoms with E-state index in [0.29, 0.717) is 15.3 Å². The zero-order chi connectivity index (χ0) is 12.4. The quantitative estimate of drug-likeness (QED) is 0.889. The van der Waals surface area contributed by atoms with Gasteiger partial charge in [-0.1, -0.05) is 19.1 Å². The Balaban J connectivity index is 2.23. The molecule has 1 aliphatic rings. The van der Waals surface area contributed by atoms with Crippen LogP contribution in [0, 0.1) is 5.82 Å². The molecular formula is C12H15BrFNS2. The van der Waals surface area contributed by atoms with Crippen LogP contribution >= 0.6 is 39.5 Å². The van der Waals surface area contributed by atoms with Crippen molar-refractivity contribution in [3.63, 3.8) is 0 Å². The van der Waals surface area contributed by atoms with Gasteiger partial charge in [-0.15, -0.1) is 0 Å². The first kappa shape index (κ1) is 13.7. The predicted molar refractivity (Wildman–Crippen MR) is 79.2 cm³/mol. The number of rotatable bonds is 2. The average molecular weight is 336 g/mol. The van der Waals surface area contributed by atoms with Crippen LogP contribution in [0.5, 0.6) is 0 Å². The van der Waals surface area contributed by atoms with Crippen LogP contribution in [0.25, 0.3) is 0 Å². The number of halogens is 2. The molecule has 3 unspecified atom stereocenters. The van der Waals surface area contributed by atoms with Crippen LogP contribution in [-0.4, -0.2) is 22.0 Å². The zero-order valence-corrected chi connectivity index (χ0v) is 12.7. The first-order valence-corrected chi connectivity index (χ1v) is 8.43. The molecule has 5 heteroatoms. The molecule has 17 heavy (non-hydrogen) atoms. The van der Waals surface area contributed by atoms with Gasteiger partial charge >= 0.3 is 0 Å². The van der Waals surface area contributed by atoms with Crippen molar-refractivity contribution in [2.24, 2.45) is 5.73 Å². The molecule has 1 aromatic carbocycles. The van der Waals surface area contributed by atoms with E-state index in [-0.39, 0.29) is 17.1 Å². The van der Waals surface area contributed by atoms with Crippen molar-refractivity contribution in [2.45, 2.75) is 23.5 Å². The van der Waals surface area contributed by atoms with Crippen molar-refractivity contribution < 1.29 is 4.39 Å². The first-order chi connectivity index (χ1) is 8.11. The molecule has 0 aliphatic carbocycles. The van der Waals surface area contributed by atoms with E-state index in [2.05, 4.69) is 22.9 Å². The largest absolute Gasteiger partial charge is 0.323 e. The maximum Gasteiger partial charge on any atom is 0.142 e. The van der Waals surface area contributed by atoms with Crippen LogP contribution in [0.4, 0.5) is 4.39 Å². The minimum absolute atomic E-state index is 0.219. The van der Waals surface area contributed by atoms with E-state index in [1.807, 2.05) is 29.6 Å². The maximum absolute atomic E-state index is 14.0. The Bertz CT molecular complexity index is 402. The molecule has 0 spiro atoms. The van der Waals surface area contributed by atoms with Crippen LogP contribution in [0.2, 0.25) is 0 Å². The molecule has 2 rings (SSSR count). The van der Waals surface area contributed by atoms with Gasteiger partial charge in [0.1, 0.15) is 5.82 Å². The monoisotopic (exact) mass is 335 g/mol.